The molecule has 0 spiro atoms. The Kier molecular flexibility index (Phi) is 4.52. The molecule has 6 unspecified atom stereocenters. The number of hydrogen-bond acceptors (Lipinski definition) is 2. The largest absolute Gasteiger partial charge is 0.297 e. The molecule has 0 N–H and O–H groups in total. The van der Waals surface area contributed by atoms with E-state index >= 15 is 0 Å². The number of Topliss-reactive ketones (excluding diaryl/α,β-unsaturated/α-hetero) is 1. The molecule has 0 saturated heterocycles. The van der Waals surface area contributed by atoms with E-state index in [0.717, 1.165) is 36.0 Å². The van der Waals surface area contributed by atoms with Crippen LogP contribution in [0.1, 0.15) is 78.6 Å². The first-order valence-electron chi connectivity index (χ1n) is 11.9. The van der Waals surface area contributed by atoms with E-state index in [-0.39, 0.29) is 11.3 Å². The number of hydrogen-bond donors (Lipinski definition) is 0. The van der Waals surface area contributed by atoms with Crippen molar-refractivity contribution in [3.63, 3.8) is 0 Å². The van der Waals surface area contributed by atoms with Gasteiger partial charge in [-0.25, -0.2) is 0 Å². The van der Waals surface area contributed by atoms with Crippen LogP contribution in [0, 0.1) is 46.3 Å². The third-order valence-corrected chi connectivity index (χ3v) is 10.2. The number of fused-ring (bicyclic) bond motifs is 5. The van der Waals surface area contributed by atoms with Gasteiger partial charge < -0.3 is 0 Å². The zero-order valence-electron chi connectivity index (χ0n) is 18.1. The zero-order valence-corrected chi connectivity index (χ0v) is 18.1. The van der Waals surface area contributed by atoms with Crippen molar-refractivity contribution in [1.82, 2.24) is 9.78 Å². The number of carbonyl (C=O) groups excluding carboxylic acids is 1. The van der Waals surface area contributed by atoms with Crippen LogP contribution in [0.3, 0.4) is 0 Å². The molecule has 4 fully saturated rings. The zero-order chi connectivity index (χ0) is 19.5. The second-order valence-electron chi connectivity index (χ2n) is 11.4. The van der Waals surface area contributed by atoms with Gasteiger partial charge in [-0.05, 0) is 97.9 Å². The van der Waals surface area contributed by atoms with Crippen LogP contribution in [0.4, 0.5) is 0 Å². The van der Waals surface area contributed by atoms with E-state index in [1.165, 1.54) is 51.4 Å². The highest BCUT2D eigenvalue weighted by atomic mass is 16.1. The molecule has 154 valence electrons. The van der Waals surface area contributed by atoms with Crippen molar-refractivity contribution in [2.24, 2.45) is 46.3 Å². The van der Waals surface area contributed by atoms with Crippen LogP contribution in [0.2, 0.25) is 0 Å². The number of carbonyl (C=O) groups is 1. The molecular weight excluding hydrogens is 344 g/mol. The topological polar surface area (TPSA) is 34.9 Å². The minimum Gasteiger partial charge on any atom is -0.297 e. The summed E-state index contributed by atoms with van der Waals surface area (Å²) in [4.78, 5) is 13.2. The lowest BCUT2D eigenvalue weighted by atomic mass is 9.44. The van der Waals surface area contributed by atoms with Gasteiger partial charge in [0.2, 0.25) is 0 Å². The van der Waals surface area contributed by atoms with Crippen LogP contribution in [-0.2, 0) is 11.3 Å². The van der Waals surface area contributed by atoms with E-state index in [4.69, 9.17) is 0 Å². The third-order valence-electron chi connectivity index (χ3n) is 10.2. The molecule has 0 aliphatic heterocycles. The molecule has 5 rings (SSSR count). The monoisotopic (exact) mass is 382 g/mol. The highest BCUT2D eigenvalue weighted by molar-refractivity contribution is 5.82. The molecule has 3 heteroatoms. The Balaban J connectivity index is 1.36. The molecule has 1 aromatic rings. The molecule has 0 aromatic carbocycles. The summed E-state index contributed by atoms with van der Waals surface area (Å²) in [6.45, 7) is 8.06. The molecule has 1 aromatic heterocycles. The van der Waals surface area contributed by atoms with Crippen molar-refractivity contribution in [3.05, 3.63) is 18.5 Å². The van der Waals surface area contributed by atoms with Gasteiger partial charge in [-0.2, -0.15) is 5.10 Å². The summed E-state index contributed by atoms with van der Waals surface area (Å²) in [5.74, 6) is 5.13. The first-order valence-corrected chi connectivity index (χ1v) is 11.9. The third kappa shape index (κ3) is 2.75. The lowest BCUT2D eigenvalue weighted by Gasteiger charge is -2.61. The fraction of sp³-hybridized carbons (Fsp3) is 0.840. The van der Waals surface area contributed by atoms with Gasteiger partial charge >= 0.3 is 0 Å². The first kappa shape index (κ1) is 18.9. The Morgan fingerprint density at radius 1 is 1.04 bits per heavy atom. The van der Waals surface area contributed by atoms with E-state index in [0.29, 0.717) is 17.7 Å². The minimum atomic E-state index is 0.233. The lowest BCUT2D eigenvalue weighted by molar-refractivity contribution is -0.137. The van der Waals surface area contributed by atoms with Gasteiger partial charge in [0.1, 0.15) is 0 Å². The Hall–Kier alpha value is -1.12. The fourth-order valence-electron chi connectivity index (χ4n) is 8.67. The molecular formula is C25H38N2O. The van der Waals surface area contributed by atoms with Gasteiger partial charge in [-0.3, -0.25) is 9.48 Å². The standard InChI is InChI=1S/C25H38N2O/c1-17-9-11-24(2)18(15-17)5-6-19-20-7-8-22(25(20,3)12-10-21(19)24)23(28)16-27-14-4-13-26-27/h4,13-14,17-22H,5-12,15-16H2,1-3H3/t17?,18?,19?,20?,21?,22-,24+,25?/m1/s1. The Labute approximate surface area is 170 Å². The molecule has 1 heterocycles. The van der Waals surface area contributed by atoms with Crippen LogP contribution >= 0.6 is 0 Å². The second-order valence-corrected chi connectivity index (χ2v) is 11.4. The maximum atomic E-state index is 13.2. The van der Waals surface area contributed by atoms with E-state index in [1.54, 1.807) is 6.20 Å². The molecule has 0 amide bonds. The quantitative estimate of drug-likeness (QED) is 0.667. The minimum absolute atomic E-state index is 0.233. The average Bonchev–Trinajstić information content (AvgIpc) is 3.29. The molecule has 8 atom stereocenters. The van der Waals surface area contributed by atoms with Crippen LogP contribution in [0.25, 0.3) is 0 Å². The van der Waals surface area contributed by atoms with E-state index in [9.17, 15) is 4.79 Å². The van der Waals surface area contributed by atoms with Gasteiger partial charge in [0.25, 0.3) is 0 Å². The molecule has 28 heavy (non-hydrogen) atoms. The summed E-state index contributed by atoms with van der Waals surface area (Å²) in [5.41, 5.74) is 0.810. The SMILES string of the molecule is CC1CC[C@@]2(C)C(CCC3C4CC[C@H](C(=O)Cn5cccn5)C4(C)CCC32)C1. The Morgan fingerprint density at radius 2 is 1.82 bits per heavy atom. The van der Waals surface area contributed by atoms with Gasteiger partial charge in [0.15, 0.2) is 5.78 Å². The van der Waals surface area contributed by atoms with E-state index < -0.39 is 0 Å². The number of ketones is 1. The average molecular weight is 383 g/mol. The van der Waals surface area contributed by atoms with Crippen molar-refractivity contribution in [2.45, 2.75) is 85.1 Å². The number of aromatic nitrogens is 2. The van der Waals surface area contributed by atoms with Crippen LogP contribution in [-0.4, -0.2) is 15.6 Å². The van der Waals surface area contributed by atoms with Gasteiger partial charge in [-0.15, -0.1) is 0 Å². The highest BCUT2D eigenvalue weighted by Crippen LogP contribution is 2.67. The Bertz CT molecular complexity index is 727. The van der Waals surface area contributed by atoms with E-state index in [1.807, 2.05) is 16.9 Å². The first-order chi connectivity index (χ1) is 13.4. The van der Waals surface area contributed by atoms with Crippen molar-refractivity contribution in [2.75, 3.05) is 0 Å². The molecule has 4 saturated carbocycles. The summed E-state index contributed by atoms with van der Waals surface area (Å²) in [6, 6.07) is 1.92. The predicted octanol–water partition coefficient (Wildman–Crippen LogP) is 5.75. The number of nitrogens with zero attached hydrogens (tertiary/aromatic N) is 2. The maximum absolute atomic E-state index is 13.2. The predicted molar refractivity (Wildman–Crippen MR) is 112 cm³/mol. The van der Waals surface area contributed by atoms with Crippen LogP contribution < -0.4 is 0 Å². The van der Waals surface area contributed by atoms with Gasteiger partial charge in [-0.1, -0.05) is 27.2 Å². The van der Waals surface area contributed by atoms with Crippen molar-refractivity contribution < 1.29 is 4.79 Å². The van der Waals surface area contributed by atoms with Gasteiger partial charge in [0, 0.05) is 18.3 Å². The molecule has 0 radical (unpaired) electrons. The van der Waals surface area contributed by atoms with Crippen molar-refractivity contribution >= 4 is 5.78 Å². The molecule has 0 bridgehead atoms. The van der Waals surface area contributed by atoms with Crippen LogP contribution in [0.5, 0.6) is 0 Å². The molecule has 4 aliphatic carbocycles. The lowest BCUT2D eigenvalue weighted by Crippen LogP contribution is -2.53. The summed E-state index contributed by atoms with van der Waals surface area (Å²) >= 11 is 0. The highest BCUT2D eigenvalue weighted by Gasteiger charge is 2.60. The summed E-state index contributed by atoms with van der Waals surface area (Å²) in [5, 5.41) is 4.28. The van der Waals surface area contributed by atoms with Crippen molar-refractivity contribution in [1.29, 1.82) is 0 Å². The molecule has 4 aliphatic rings. The fourth-order valence-corrected chi connectivity index (χ4v) is 8.67. The smallest absolute Gasteiger partial charge is 0.157 e. The maximum Gasteiger partial charge on any atom is 0.157 e. The van der Waals surface area contributed by atoms with Gasteiger partial charge in [0.05, 0.1) is 6.54 Å². The summed E-state index contributed by atoms with van der Waals surface area (Å²) in [7, 11) is 0. The second kappa shape index (κ2) is 6.71. The van der Waals surface area contributed by atoms with Crippen LogP contribution in [0.15, 0.2) is 18.5 Å². The van der Waals surface area contributed by atoms with Crippen molar-refractivity contribution in [3.8, 4) is 0 Å². The summed E-state index contributed by atoms with van der Waals surface area (Å²) in [6.07, 6.45) is 16.0. The number of rotatable bonds is 3. The summed E-state index contributed by atoms with van der Waals surface area (Å²) < 4.78 is 1.82. The normalized spacial score (nSPS) is 47.8. The Morgan fingerprint density at radius 3 is 2.61 bits per heavy atom. The van der Waals surface area contributed by atoms with E-state index in [2.05, 4.69) is 25.9 Å². The molecule has 3 nitrogen and oxygen atoms in total.